The summed E-state index contributed by atoms with van der Waals surface area (Å²) in [6.45, 7) is 1.60. The van der Waals surface area contributed by atoms with Crippen LogP contribution in [0.25, 0.3) is 11.0 Å². The maximum atomic E-state index is 11.6. The average molecular weight is 359 g/mol. The molecule has 1 saturated heterocycles. The first-order valence-corrected chi connectivity index (χ1v) is 10.1. The van der Waals surface area contributed by atoms with Crippen LogP contribution < -0.4 is 5.32 Å². The summed E-state index contributed by atoms with van der Waals surface area (Å²) >= 11 is 1.25. The average Bonchev–Trinajstić information content (AvgIpc) is 3.10. The van der Waals surface area contributed by atoms with Gasteiger partial charge in [0, 0.05) is 18.5 Å². The first-order chi connectivity index (χ1) is 12.2. The molecule has 1 aromatic heterocycles. The van der Waals surface area contributed by atoms with Crippen LogP contribution in [0.3, 0.4) is 0 Å². The fourth-order valence-electron chi connectivity index (χ4n) is 4.46. The van der Waals surface area contributed by atoms with Crippen molar-refractivity contribution >= 4 is 28.7 Å². The Balaban J connectivity index is 1.61. The van der Waals surface area contributed by atoms with Crippen LogP contribution in [0.2, 0.25) is 0 Å². The smallest absolute Gasteiger partial charge is 0.217 e. The van der Waals surface area contributed by atoms with Gasteiger partial charge in [-0.15, -0.1) is 0 Å². The number of nitrogens with zero attached hydrogens (tertiary/aromatic N) is 2. The summed E-state index contributed by atoms with van der Waals surface area (Å²) in [4.78, 5) is 11.6. The number of carbonyl (C=O) groups excluding carboxylic acids is 1. The molecule has 6 heteroatoms. The van der Waals surface area contributed by atoms with E-state index < -0.39 is 0 Å². The molecule has 2 fully saturated rings. The molecule has 1 amide bonds. The number of rotatable bonds is 3. The molecule has 0 radical (unpaired) electrons. The Labute approximate surface area is 152 Å². The third-order valence-corrected chi connectivity index (χ3v) is 6.14. The van der Waals surface area contributed by atoms with Crippen LogP contribution in [0.1, 0.15) is 63.5 Å². The maximum absolute atomic E-state index is 11.6. The molecule has 0 spiro atoms. The van der Waals surface area contributed by atoms with E-state index in [1.165, 1.54) is 43.8 Å². The molecule has 1 N–H and O–H groups in total. The molecule has 134 valence electrons. The molecular formula is C19H25N3O2S. The van der Waals surface area contributed by atoms with Gasteiger partial charge in [-0.2, -0.15) is 8.75 Å². The summed E-state index contributed by atoms with van der Waals surface area (Å²) in [5.41, 5.74) is 2.99. The zero-order chi connectivity index (χ0) is 17.2. The summed E-state index contributed by atoms with van der Waals surface area (Å²) in [6.07, 6.45) is 8.34. The summed E-state index contributed by atoms with van der Waals surface area (Å²) in [5.74, 6) is 0.655. The lowest BCUT2D eigenvalue weighted by Crippen LogP contribution is -2.44. The van der Waals surface area contributed by atoms with Crippen LogP contribution in [0.15, 0.2) is 18.2 Å². The van der Waals surface area contributed by atoms with Crippen molar-refractivity contribution in [1.29, 1.82) is 0 Å². The maximum Gasteiger partial charge on any atom is 0.217 e. The normalized spacial score (nSPS) is 28.1. The highest BCUT2D eigenvalue weighted by Crippen LogP contribution is 2.40. The molecule has 2 heterocycles. The number of nitrogens with one attached hydrogen (secondary N) is 1. The largest absolute Gasteiger partial charge is 0.370 e. The van der Waals surface area contributed by atoms with Crippen molar-refractivity contribution in [2.75, 3.05) is 0 Å². The van der Waals surface area contributed by atoms with E-state index >= 15 is 0 Å². The first-order valence-electron chi connectivity index (χ1n) is 9.34. The molecule has 1 aliphatic carbocycles. The van der Waals surface area contributed by atoms with Crippen LogP contribution in [-0.2, 0) is 9.53 Å². The molecule has 1 aromatic carbocycles. The molecule has 4 rings (SSSR count). The Morgan fingerprint density at radius 1 is 1.20 bits per heavy atom. The van der Waals surface area contributed by atoms with Gasteiger partial charge in [-0.25, -0.2) is 0 Å². The molecule has 2 aromatic rings. The number of amides is 1. The van der Waals surface area contributed by atoms with E-state index in [-0.39, 0.29) is 24.2 Å². The molecule has 25 heavy (non-hydrogen) atoms. The number of hydrogen-bond acceptors (Lipinski definition) is 5. The van der Waals surface area contributed by atoms with E-state index in [2.05, 4.69) is 20.1 Å². The number of fused-ring (bicyclic) bond motifs is 1. The van der Waals surface area contributed by atoms with Crippen LogP contribution in [0.5, 0.6) is 0 Å². The van der Waals surface area contributed by atoms with Crippen LogP contribution in [0, 0.1) is 5.92 Å². The van der Waals surface area contributed by atoms with Gasteiger partial charge in [-0.1, -0.05) is 31.4 Å². The summed E-state index contributed by atoms with van der Waals surface area (Å²) in [6, 6.07) is 6.29. The van der Waals surface area contributed by atoms with E-state index in [9.17, 15) is 4.79 Å². The van der Waals surface area contributed by atoms with E-state index in [1.54, 1.807) is 6.92 Å². The van der Waals surface area contributed by atoms with Crippen LogP contribution >= 0.6 is 11.7 Å². The fourth-order valence-corrected chi connectivity index (χ4v) is 5.02. The van der Waals surface area contributed by atoms with Crippen molar-refractivity contribution in [1.82, 2.24) is 14.1 Å². The zero-order valence-electron chi connectivity index (χ0n) is 14.6. The van der Waals surface area contributed by atoms with Gasteiger partial charge in [0.05, 0.1) is 23.9 Å². The third kappa shape index (κ3) is 3.70. The molecule has 3 atom stereocenters. The fraction of sp³-hybridized carbons (Fsp3) is 0.632. The highest BCUT2D eigenvalue weighted by atomic mass is 32.1. The second kappa shape index (κ2) is 7.38. The second-order valence-corrected chi connectivity index (χ2v) is 7.94. The third-order valence-electron chi connectivity index (χ3n) is 5.60. The van der Waals surface area contributed by atoms with Crippen molar-refractivity contribution < 1.29 is 9.53 Å². The van der Waals surface area contributed by atoms with Crippen molar-refractivity contribution in [3.8, 4) is 0 Å². The predicted molar refractivity (Wildman–Crippen MR) is 98.4 cm³/mol. The van der Waals surface area contributed by atoms with Gasteiger partial charge < -0.3 is 10.1 Å². The second-order valence-electron chi connectivity index (χ2n) is 7.41. The Morgan fingerprint density at radius 3 is 2.84 bits per heavy atom. The SMILES string of the molecule is CC(=O)N[C@H]1C[C@@H](c2cccc3nsnc23)O[C@@H](C2CCCCC2)C1. The lowest BCUT2D eigenvalue weighted by molar-refractivity contribution is -0.124. The summed E-state index contributed by atoms with van der Waals surface area (Å²) in [7, 11) is 0. The topological polar surface area (TPSA) is 64.1 Å². The monoisotopic (exact) mass is 359 g/mol. The first kappa shape index (κ1) is 16.9. The van der Waals surface area contributed by atoms with Crippen LogP contribution in [0.4, 0.5) is 0 Å². The van der Waals surface area contributed by atoms with E-state index in [1.807, 2.05) is 12.1 Å². The van der Waals surface area contributed by atoms with E-state index in [0.717, 1.165) is 29.4 Å². The Morgan fingerprint density at radius 2 is 2.04 bits per heavy atom. The number of ether oxygens (including phenoxy) is 1. The highest BCUT2D eigenvalue weighted by Gasteiger charge is 2.36. The highest BCUT2D eigenvalue weighted by molar-refractivity contribution is 7.00. The minimum Gasteiger partial charge on any atom is -0.370 e. The molecule has 0 unspecified atom stereocenters. The number of aromatic nitrogens is 2. The molecular weight excluding hydrogens is 334 g/mol. The standard InChI is InChI=1S/C19H25N3O2S/c1-12(23)20-14-10-17(13-6-3-2-4-7-13)24-18(11-14)15-8-5-9-16-19(15)22-25-21-16/h5,8-9,13-14,17-18H,2-4,6-7,10-11H2,1H3,(H,20,23)/t14-,17-,18+/m1/s1. The summed E-state index contributed by atoms with van der Waals surface area (Å²) in [5, 5.41) is 3.14. The number of hydrogen-bond donors (Lipinski definition) is 1. The number of benzene rings is 1. The molecule has 1 saturated carbocycles. The lowest BCUT2D eigenvalue weighted by Gasteiger charge is -2.40. The minimum absolute atomic E-state index is 0.0230. The predicted octanol–water partition coefficient (Wildman–Crippen LogP) is 4.00. The van der Waals surface area contributed by atoms with Gasteiger partial charge in [0.15, 0.2) is 0 Å². The van der Waals surface area contributed by atoms with Gasteiger partial charge in [0.25, 0.3) is 0 Å². The lowest BCUT2D eigenvalue weighted by atomic mass is 9.80. The Kier molecular flexibility index (Phi) is 4.99. The van der Waals surface area contributed by atoms with Gasteiger partial charge in [0.2, 0.25) is 5.91 Å². The zero-order valence-corrected chi connectivity index (χ0v) is 15.4. The number of carbonyl (C=O) groups is 1. The molecule has 2 aliphatic rings. The van der Waals surface area contributed by atoms with Crippen molar-refractivity contribution in [3.63, 3.8) is 0 Å². The van der Waals surface area contributed by atoms with Gasteiger partial charge in [-0.3, -0.25) is 4.79 Å². The summed E-state index contributed by atoms with van der Waals surface area (Å²) < 4.78 is 15.4. The minimum atomic E-state index is -0.0230. The van der Waals surface area contributed by atoms with Crippen LogP contribution in [-0.4, -0.2) is 26.8 Å². The van der Waals surface area contributed by atoms with Crippen molar-refractivity contribution in [3.05, 3.63) is 23.8 Å². The molecule has 0 bridgehead atoms. The van der Waals surface area contributed by atoms with E-state index in [0.29, 0.717) is 5.92 Å². The Bertz CT molecular complexity index is 741. The quantitative estimate of drug-likeness (QED) is 0.900. The molecule has 1 aliphatic heterocycles. The molecule has 5 nitrogen and oxygen atoms in total. The van der Waals surface area contributed by atoms with Gasteiger partial charge in [-0.05, 0) is 37.7 Å². The van der Waals surface area contributed by atoms with Crippen molar-refractivity contribution in [2.24, 2.45) is 5.92 Å². The van der Waals surface area contributed by atoms with Gasteiger partial charge in [0.1, 0.15) is 11.0 Å². The Hall–Kier alpha value is -1.53. The van der Waals surface area contributed by atoms with E-state index in [4.69, 9.17) is 4.74 Å². The van der Waals surface area contributed by atoms with Crippen molar-refractivity contribution in [2.45, 2.75) is 70.1 Å². The van der Waals surface area contributed by atoms with Gasteiger partial charge >= 0.3 is 0 Å².